The number of nitrogen functional groups attached to an aromatic ring is 1. The molecule has 1 heterocycles. The van der Waals surface area contributed by atoms with Gasteiger partial charge in [0.1, 0.15) is 18.0 Å². The molecule has 3 rings (SSSR count). The Labute approximate surface area is 178 Å². The van der Waals surface area contributed by atoms with Gasteiger partial charge in [0.05, 0.1) is 5.41 Å². The highest BCUT2D eigenvalue weighted by Crippen LogP contribution is 2.28. The molecule has 0 bridgehead atoms. The molecule has 2 aromatic carbocycles. The monoisotopic (exact) mass is 427 g/mol. The number of anilines is 3. The molecule has 0 saturated carbocycles. The van der Waals surface area contributed by atoms with E-state index < -0.39 is 11.2 Å². The van der Waals surface area contributed by atoms with Gasteiger partial charge < -0.3 is 21.1 Å². The summed E-state index contributed by atoms with van der Waals surface area (Å²) in [5, 5.41) is 5.88. The summed E-state index contributed by atoms with van der Waals surface area (Å²) >= 11 is 0. The van der Waals surface area contributed by atoms with E-state index in [-0.39, 0.29) is 29.2 Å². The summed E-state index contributed by atoms with van der Waals surface area (Å²) < 4.78 is 32.9. The molecule has 0 aliphatic heterocycles. The number of aromatic nitrogens is 2. The van der Waals surface area contributed by atoms with Crippen LogP contribution in [0.15, 0.2) is 54.9 Å². The lowest BCUT2D eigenvalue weighted by Crippen LogP contribution is -2.39. The third kappa shape index (κ3) is 5.65. The summed E-state index contributed by atoms with van der Waals surface area (Å²) in [6.07, 6.45) is 1.74. The minimum atomic E-state index is -0.779. The smallest absolute Gasteiger partial charge is 0.232 e. The lowest BCUT2D eigenvalue weighted by atomic mass is 9.86. The Morgan fingerprint density at radius 1 is 1.10 bits per heavy atom. The Morgan fingerprint density at radius 3 is 2.45 bits per heavy atom. The number of nitrogens with two attached hydrogens (primary N) is 1. The number of hydrogen-bond donors (Lipinski definition) is 3. The van der Waals surface area contributed by atoms with Crippen LogP contribution in [0, 0.1) is 17.0 Å². The molecule has 1 amide bonds. The Morgan fingerprint density at radius 2 is 1.81 bits per heavy atom. The first kappa shape index (κ1) is 21.9. The van der Waals surface area contributed by atoms with Crippen molar-refractivity contribution >= 4 is 23.1 Å². The van der Waals surface area contributed by atoms with Gasteiger partial charge >= 0.3 is 0 Å². The fraction of sp³-hybridized carbons (Fsp3) is 0.227. The molecule has 0 aliphatic carbocycles. The molecule has 9 heteroatoms. The second-order valence-electron chi connectivity index (χ2n) is 7.26. The van der Waals surface area contributed by atoms with Crippen molar-refractivity contribution in [2.75, 3.05) is 22.9 Å². The standard InChI is InChI=1S/C22H23F2N5O2/c1-3-22(2,12-26-15-6-4-14(23)5-7-15)21(30)29-16-8-9-18(17(24)10-16)31-20-11-19(25)27-13-28-20/h4-11,13,26H,3,12H2,1-2H3,(H,29,30)(H2,25,27,28). The van der Waals surface area contributed by atoms with E-state index in [9.17, 15) is 13.6 Å². The Kier molecular flexibility index (Phi) is 6.64. The number of carbonyl (C=O) groups is 1. The van der Waals surface area contributed by atoms with Gasteiger partial charge in [0, 0.05) is 30.1 Å². The molecular weight excluding hydrogens is 404 g/mol. The molecule has 4 N–H and O–H groups in total. The average molecular weight is 427 g/mol. The number of rotatable bonds is 8. The molecule has 7 nitrogen and oxygen atoms in total. The number of hydrogen-bond acceptors (Lipinski definition) is 6. The van der Waals surface area contributed by atoms with Crippen molar-refractivity contribution in [1.82, 2.24) is 9.97 Å². The minimum absolute atomic E-state index is 0.0627. The maximum absolute atomic E-state index is 14.5. The van der Waals surface area contributed by atoms with Crippen LogP contribution in [0.1, 0.15) is 20.3 Å². The largest absolute Gasteiger partial charge is 0.436 e. The van der Waals surface area contributed by atoms with Crippen LogP contribution in [0.4, 0.5) is 26.0 Å². The van der Waals surface area contributed by atoms with E-state index in [0.717, 1.165) is 0 Å². The minimum Gasteiger partial charge on any atom is -0.436 e. The van der Waals surface area contributed by atoms with Gasteiger partial charge in [-0.25, -0.2) is 18.7 Å². The highest BCUT2D eigenvalue weighted by Gasteiger charge is 2.31. The van der Waals surface area contributed by atoms with E-state index in [2.05, 4.69) is 20.6 Å². The van der Waals surface area contributed by atoms with Crippen LogP contribution in [0.25, 0.3) is 0 Å². The Bertz CT molecular complexity index is 1060. The number of benzene rings is 2. The second-order valence-corrected chi connectivity index (χ2v) is 7.26. The predicted molar refractivity (Wildman–Crippen MR) is 115 cm³/mol. The van der Waals surface area contributed by atoms with Crippen molar-refractivity contribution in [2.24, 2.45) is 5.41 Å². The van der Waals surface area contributed by atoms with Gasteiger partial charge in [-0.3, -0.25) is 4.79 Å². The van der Waals surface area contributed by atoms with Crippen molar-refractivity contribution in [3.05, 3.63) is 66.5 Å². The third-order valence-electron chi connectivity index (χ3n) is 4.92. The van der Waals surface area contributed by atoms with Crippen LogP contribution < -0.4 is 21.1 Å². The van der Waals surface area contributed by atoms with E-state index in [1.54, 1.807) is 19.1 Å². The van der Waals surface area contributed by atoms with Crippen LogP contribution in [0.2, 0.25) is 0 Å². The van der Waals surface area contributed by atoms with Gasteiger partial charge in [0.25, 0.3) is 0 Å². The number of ether oxygens (including phenoxy) is 1. The summed E-state index contributed by atoms with van der Waals surface area (Å²) in [4.78, 5) is 20.5. The number of nitrogens with zero attached hydrogens (tertiary/aromatic N) is 2. The summed E-state index contributed by atoms with van der Waals surface area (Å²) in [5.41, 5.74) is 5.77. The van der Waals surface area contributed by atoms with Crippen molar-refractivity contribution in [3.8, 4) is 11.6 Å². The van der Waals surface area contributed by atoms with Gasteiger partial charge in [-0.05, 0) is 49.7 Å². The van der Waals surface area contributed by atoms with Crippen LogP contribution in [0.3, 0.4) is 0 Å². The van der Waals surface area contributed by atoms with E-state index in [1.165, 1.54) is 42.7 Å². The third-order valence-corrected chi connectivity index (χ3v) is 4.92. The molecule has 1 atom stereocenters. The fourth-order valence-corrected chi connectivity index (χ4v) is 2.70. The van der Waals surface area contributed by atoms with Crippen molar-refractivity contribution in [3.63, 3.8) is 0 Å². The molecule has 3 aromatic rings. The quantitative estimate of drug-likeness (QED) is 0.486. The maximum atomic E-state index is 14.5. The zero-order valence-electron chi connectivity index (χ0n) is 17.2. The number of carbonyl (C=O) groups excluding carboxylic acids is 1. The van der Waals surface area contributed by atoms with Gasteiger partial charge in [-0.1, -0.05) is 6.92 Å². The average Bonchev–Trinajstić information content (AvgIpc) is 2.75. The SMILES string of the molecule is CCC(C)(CNc1ccc(F)cc1)C(=O)Nc1ccc(Oc2cc(N)ncn2)c(F)c1. The van der Waals surface area contributed by atoms with Crippen LogP contribution in [-0.4, -0.2) is 22.4 Å². The molecule has 0 spiro atoms. The summed E-state index contributed by atoms with van der Waals surface area (Å²) in [7, 11) is 0. The Balaban J connectivity index is 1.66. The molecule has 31 heavy (non-hydrogen) atoms. The van der Waals surface area contributed by atoms with E-state index in [4.69, 9.17) is 10.5 Å². The zero-order valence-corrected chi connectivity index (χ0v) is 17.2. The van der Waals surface area contributed by atoms with Crippen LogP contribution >= 0.6 is 0 Å². The first-order chi connectivity index (χ1) is 14.8. The van der Waals surface area contributed by atoms with Crippen LogP contribution in [-0.2, 0) is 4.79 Å². The van der Waals surface area contributed by atoms with E-state index >= 15 is 0 Å². The van der Waals surface area contributed by atoms with Crippen molar-refractivity contribution in [2.45, 2.75) is 20.3 Å². The molecule has 0 radical (unpaired) electrons. The van der Waals surface area contributed by atoms with Gasteiger partial charge in [0.15, 0.2) is 11.6 Å². The Hall–Kier alpha value is -3.75. The van der Waals surface area contributed by atoms with E-state index in [0.29, 0.717) is 24.3 Å². The van der Waals surface area contributed by atoms with Gasteiger partial charge in [-0.2, -0.15) is 0 Å². The number of nitrogens with one attached hydrogen (secondary N) is 2. The maximum Gasteiger partial charge on any atom is 0.232 e. The molecular formula is C22H23F2N5O2. The predicted octanol–water partition coefficient (Wildman–Crippen LogP) is 4.60. The highest BCUT2D eigenvalue weighted by atomic mass is 19.1. The lowest BCUT2D eigenvalue weighted by molar-refractivity contribution is -0.124. The zero-order chi connectivity index (χ0) is 22.4. The molecule has 1 unspecified atom stereocenters. The van der Waals surface area contributed by atoms with Crippen molar-refractivity contribution in [1.29, 1.82) is 0 Å². The van der Waals surface area contributed by atoms with E-state index in [1.807, 2.05) is 6.92 Å². The molecule has 0 aliphatic rings. The van der Waals surface area contributed by atoms with Gasteiger partial charge in [0.2, 0.25) is 11.8 Å². The fourth-order valence-electron chi connectivity index (χ4n) is 2.70. The first-order valence-electron chi connectivity index (χ1n) is 9.65. The molecule has 0 saturated heterocycles. The number of halogens is 2. The number of amides is 1. The topological polar surface area (TPSA) is 102 Å². The van der Waals surface area contributed by atoms with Crippen molar-refractivity contribution < 1.29 is 18.3 Å². The summed E-state index contributed by atoms with van der Waals surface area (Å²) in [6, 6.07) is 11.3. The molecule has 162 valence electrons. The normalized spacial score (nSPS) is 12.6. The molecule has 0 fully saturated rings. The molecule has 1 aromatic heterocycles. The summed E-state index contributed by atoms with van der Waals surface area (Å²) in [6.45, 7) is 4.00. The van der Waals surface area contributed by atoms with Crippen LogP contribution in [0.5, 0.6) is 11.6 Å². The van der Waals surface area contributed by atoms with Gasteiger partial charge in [-0.15, -0.1) is 0 Å². The highest BCUT2D eigenvalue weighted by molar-refractivity contribution is 5.95. The first-order valence-corrected chi connectivity index (χ1v) is 9.65. The second kappa shape index (κ2) is 9.38. The lowest BCUT2D eigenvalue weighted by Gasteiger charge is -2.28. The summed E-state index contributed by atoms with van der Waals surface area (Å²) in [5.74, 6) is -1.04.